The van der Waals surface area contributed by atoms with E-state index in [1.54, 1.807) is 0 Å². The quantitative estimate of drug-likeness (QED) is 0.246. The normalized spacial score (nSPS) is 11.8. The molecule has 0 spiro atoms. The van der Waals surface area contributed by atoms with Crippen LogP contribution in [-0.2, 0) is 12.8 Å². The molecule has 5 aromatic carbocycles. The fraction of sp³-hybridized carbons (Fsp3) is 0.118. The Morgan fingerprint density at radius 3 is 1.31 bits per heavy atom. The summed E-state index contributed by atoms with van der Waals surface area (Å²) < 4.78 is 4.88. The van der Waals surface area contributed by atoms with Crippen LogP contribution in [0.25, 0.3) is 55.0 Å². The number of benzene rings is 5. The topological polar surface area (TPSA) is 9.86 Å². The molecular formula is C34H28N2. The van der Waals surface area contributed by atoms with Gasteiger partial charge in [-0.3, -0.25) is 0 Å². The highest BCUT2D eigenvalue weighted by atomic mass is 15.0. The van der Waals surface area contributed by atoms with Crippen LogP contribution in [0.1, 0.15) is 25.0 Å². The van der Waals surface area contributed by atoms with Crippen molar-refractivity contribution in [2.24, 2.45) is 0 Å². The number of fused-ring (bicyclic) bond motifs is 6. The van der Waals surface area contributed by atoms with E-state index in [4.69, 9.17) is 0 Å². The Kier molecular flexibility index (Phi) is 4.75. The molecule has 2 heterocycles. The minimum atomic E-state index is 1.03. The van der Waals surface area contributed by atoms with Gasteiger partial charge in [0.05, 0.1) is 22.1 Å². The van der Waals surface area contributed by atoms with Crippen LogP contribution in [0.15, 0.2) is 109 Å². The average molecular weight is 465 g/mol. The molecule has 0 aliphatic carbocycles. The molecule has 2 nitrogen and oxygen atoms in total. The van der Waals surface area contributed by atoms with Crippen molar-refractivity contribution in [3.8, 4) is 11.4 Å². The number of nitrogens with zero attached hydrogens (tertiary/aromatic N) is 2. The predicted molar refractivity (Wildman–Crippen MR) is 154 cm³/mol. The summed E-state index contributed by atoms with van der Waals surface area (Å²) in [5, 5.41) is 5.15. The molecule has 0 fully saturated rings. The van der Waals surface area contributed by atoms with Gasteiger partial charge in [0.15, 0.2) is 0 Å². The van der Waals surface area contributed by atoms with Crippen molar-refractivity contribution in [1.29, 1.82) is 0 Å². The lowest BCUT2D eigenvalue weighted by atomic mass is 10.1. The maximum absolute atomic E-state index is 2.44. The van der Waals surface area contributed by atoms with Crippen LogP contribution in [0.3, 0.4) is 0 Å². The molecule has 0 radical (unpaired) electrons. The van der Waals surface area contributed by atoms with Gasteiger partial charge in [-0.25, -0.2) is 0 Å². The fourth-order valence-corrected chi connectivity index (χ4v) is 5.82. The summed E-state index contributed by atoms with van der Waals surface area (Å²) in [5.41, 5.74) is 10.1. The Hall–Kier alpha value is -4.30. The van der Waals surface area contributed by atoms with E-state index in [1.807, 2.05) is 0 Å². The van der Waals surface area contributed by atoms with E-state index >= 15 is 0 Å². The summed E-state index contributed by atoms with van der Waals surface area (Å²) in [6.07, 6.45) is 2.05. The zero-order chi connectivity index (χ0) is 24.2. The second kappa shape index (κ2) is 8.13. The Morgan fingerprint density at radius 2 is 0.861 bits per heavy atom. The van der Waals surface area contributed by atoms with Crippen molar-refractivity contribution in [1.82, 2.24) is 9.13 Å². The highest BCUT2D eigenvalue weighted by molar-refractivity contribution is 6.19. The molecule has 7 rings (SSSR count). The van der Waals surface area contributed by atoms with Crippen LogP contribution in [0.2, 0.25) is 0 Å². The first kappa shape index (κ1) is 21.0. The minimum Gasteiger partial charge on any atom is -0.309 e. The first-order chi connectivity index (χ1) is 17.8. The molecule has 0 N–H and O–H groups in total. The molecule has 0 unspecified atom stereocenters. The van der Waals surface area contributed by atoms with Gasteiger partial charge < -0.3 is 9.13 Å². The Balaban J connectivity index is 1.64. The third-order valence-electron chi connectivity index (χ3n) is 7.62. The summed E-state index contributed by atoms with van der Waals surface area (Å²) >= 11 is 0. The molecule has 0 aliphatic heterocycles. The zero-order valence-corrected chi connectivity index (χ0v) is 20.7. The van der Waals surface area contributed by atoms with Crippen LogP contribution in [-0.4, -0.2) is 9.13 Å². The molecule has 7 aromatic rings. The van der Waals surface area contributed by atoms with Crippen molar-refractivity contribution in [3.63, 3.8) is 0 Å². The van der Waals surface area contributed by atoms with Gasteiger partial charge in [0.2, 0.25) is 0 Å². The molecule has 0 bridgehead atoms. The lowest BCUT2D eigenvalue weighted by molar-refractivity contribution is 1.11. The summed E-state index contributed by atoms with van der Waals surface area (Å²) in [7, 11) is 0. The highest BCUT2D eigenvalue weighted by Gasteiger charge is 2.18. The fourth-order valence-electron chi connectivity index (χ4n) is 5.82. The summed E-state index contributed by atoms with van der Waals surface area (Å²) in [6.45, 7) is 4.44. The third kappa shape index (κ3) is 3.04. The number of aromatic nitrogens is 2. The molecule has 0 saturated heterocycles. The van der Waals surface area contributed by atoms with Gasteiger partial charge in [-0.2, -0.15) is 0 Å². The van der Waals surface area contributed by atoms with Crippen molar-refractivity contribution in [3.05, 3.63) is 120 Å². The van der Waals surface area contributed by atoms with Gasteiger partial charge in [-0.1, -0.05) is 74.5 Å². The highest BCUT2D eigenvalue weighted by Crippen LogP contribution is 2.39. The van der Waals surface area contributed by atoms with Crippen molar-refractivity contribution in [2.75, 3.05) is 0 Å². The molecule has 2 heteroatoms. The number of hydrogen-bond donors (Lipinski definition) is 0. The van der Waals surface area contributed by atoms with Crippen molar-refractivity contribution in [2.45, 2.75) is 26.7 Å². The largest absolute Gasteiger partial charge is 0.309 e. The van der Waals surface area contributed by atoms with Crippen LogP contribution < -0.4 is 0 Å². The SMILES string of the molecule is CCc1cccc(-n2c3ccccc3c3cc4c(cc32)c2ccccc2n4-c2cccc(CC)c2)c1. The molecular weight excluding hydrogens is 436 g/mol. The van der Waals surface area contributed by atoms with E-state index < -0.39 is 0 Å². The van der Waals surface area contributed by atoms with Crippen molar-refractivity contribution < 1.29 is 0 Å². The second-order valence-corrected chi connectivity index (χ2v) is 9.64. The lowest BCUT2D eigenvalue weighted by Crippen LogP contribution is -1.96. The Morgan fingerprint density at radius 1 is 0.417 bits per heavy atom. The number of aryl methyl sites for hydroxylation is 2. The van der Waals surface area contributed by atoms with Gasteiger partial charge in [0.1, 0.15) is 0 Å². The van der Waals surface area contributed by atoms with E-state index in [-0.39, 0.29) is 0 Å². The molecule has 0 atom stereocenters. The van der Waals surface area contributed by atoms with Crippen LogP contribution in [0, 0.1) is 0 Å². The first-order valence-electron chi connectivity index (χ1n) is 12.9. The molecule has 0 amide bonds. The summed E-state index contributed by atoms with van der Waals surface area (Å²) in [6, 6.07) is 40.3. The maximum Gasteiger partial charge on any atom is 0.0548 e. The predicted octanol–water partition coefficient (Wildman–Crippen LogP) is 9.01. The smallest absolute Gasteiger partial charge is 0.0548 e. The van der Waals surface area contributed by atoms with Gasteiger partial charge in [-0.05, 0) is 72.5 Å². The number of para-hydroxylation sites is 2. The maximum atomic E-state index is 2.44. The standard InChI is InChI=1S/C34H28N2/c1-3-23-11-9-13-25(19-23)35-31-17-7-5-15-27(31)29-22-34-30(21-33(29)35)28-16-6-8-18-32(28)36(34)26-14-10-12-24(4-2)20-26/h5-22H,3-4H2,1-2H3. The van der Waals surface area contributed by atoms with E-state index in [0.29, 0.717) is 0 Å². The summed E-state index contributed by atoms with van der Waals surface area (Å²) in [5.74, 6) is 0. The molecule has 0 aliphatic rings. The van der Waals surface area contributed by atoms with Gasteiger partial charge in [0.25, 0.3) is 0 Å². The van der Waals surface area contributed by atoms with Gasteiger partial charge >= 0.3 is 0 Å². The minimum absolute atomic E-state index is 1.03. The van der Waals surface area contributed by atoms with E-state index in [9.17, 15) is 0 Å². The van der Waals surface area contributed by atoms with Crippen LogP contribution in [0.4, 0.5) is 0 Å². The molecule has 174 valence electrons. The Bertz CT molecular complexity index is 1770. The summed E-state index contributed by atoms with van der Waals surface area (Å²) in [4.78, 5) is 0. The molecule has 36 heavy (non-hydrogen) atoms. The van der Waals surface area contributed by atoms with E-state index in [1.165, 1.54) is 66.1 Å². The van der Waals surface area contributed by atoms with Gasteiger partial charge in [0, 0.05) is 32.9 Å². The average Bonchev–Trinajstić information content (AvgIpc) is 3.44. The second-order valence-electron chi connectivity index (χ2n) is 9.64. The van der Waals surface area contributed by atoms with E-state index in [2.05, 4.69) is 132 Å². The Labute approximate surface area is 211 Å². The van der Waals surface area contributed by atoms with Crippen LogP contribution >= 0.6 is 0 Å². The first-order valence-corrected chi connectivity index (χ1v) is 12.9. The lowest BCUT2D eigenvalue weighted by Gasteiger charge is -2.11. The number of rotatable bonds is 4. The number of hydrogen-bond acceptors (Lipinski definition) is 0. The van der Waals surface area contributed by atoms with E-state index in [0.717, 1.165) is 12.8 Å². The monoisotopic (exact) mass is 464 g/mol. The molecule has 0 saturated carbocycles. The van der Waals surface area contributed by atoms with Gasteiger partial charge in [-0.15, -0.1) is 0 Å². The van der Waals surface area contributed by atoms with Crippen molar-refractivity contribution >= 4 is 43.6 Å². The van der Waals surface area contributed by atoms with Crippen LogP contribution in [0.5, 0.6) is 0 Å². The molecule has 2 aromatic heterocycles. The third-order valence-corrected chi connectivity index (χ3v) is 7.62. The zero-order valence-electron chi connectivity index (χ0n) is 20.7.